The van der Waals surface area contributed by atoms with E-state index in [-0.39, 0.29) is 6.61 Å². The summed E-state index contributed by atoms with van der Waals surface area (Å²) in [5.74, 6) is 1.86. The van der Waals surface area contributed by atoms with E-state index in [1.165, 1.54) is 0 Å². The second-order valence-corrected chi connectivity index (χ2v) is 2.84. The molecule has 1 rings (SSSR count). The predicted molar refractivity (Wildman–Crippen MR) is 49.0 cm³/mol. The fourth-order valence-electron chi connectivity index (χ4n) is 1.23. The van der Waals surface area contributed by atoms with E-state index in [0.717, 1.165) is 22.6 Å². The molecule has 0 fully saturated rings. The molecule has 1 N–H and O–H groups in total. The van der Waals surface area contributed by atoms with Crippen molar-refractivity contribution >= 4 is 6.08 Å². The van der Waals surface area contributed by atoms with E-state index < -0.39 is 0 Å². The molecule has 12 heavy (non-hydrogen) atoms. The Bertz CT molecular complexity index is 295. The zero-order chi connectivity index (χ0) is 9.14. The SMILES string of the molecule is Cc1oc(C)c(C=CCO)c1C. The van der Waals surface area contributed by atoms with Crippen LogP contribution in [0.3, 0.4) is 0 Å². The minimum atomic E-state index is 0.0725. The van der Waals surface area contributed by atoms with Crippen molar-refractivity contribution in [1.82, 2.24) is 0 Å². The number of aliphatic hydroxyl groups excluding tert-OH is 1. The normalized spacial score (nSPS) is 11.3. The van der Waals surface area contributed by atoms with Crippen molar-refractivity contribution in [2.45, 2.75) is 20.8 Å². The number of hydrogen-bond acceptors (Lipinski definition) is 2. The first-order valence-electron chi connectivity index (χ1n) is 4.00. The Morgan fingerprint density at radius 2 is 1.92 bits per heavy atom. The molecule has 0 bridgehead atoms. The van der Waals surface area contributed by atoms with Crippen LogP contribution < -0.4 is 0 Å². The summed E-state index contributed by atoms with van der Waals surface area (Å²) >= 11 is 0. The van der Waals surface area contributed by atoms with Gasteiger partial charge in [0.05, 0.1) is 6.61 Å². The van der Waals surface area contributed by atoms with E-state index in [1.807, 2.05) is 26.8 Å². The van der Waals surface area contributed by atoms with Gasteiger partial charge in [-0.2, -0.15) is 0 Å². The molecule has 0 aliphatic heterocycles. The molecular weight excluding hydrogens is 152 g/mol. The number of aryl methyl sites for hydroxylation is 2. The zero-order valence-electron chi connectivity index (χ0n) is 7.72. The van der Waals surface area contributed by atoms with E-state index in [1.54, 1.807) is 6.08 Å². The van der Waals surface area contributed by atoms with E-state index in [0.29, 0.717) is 0 Å². The smallest absolute Gasteiger partial charge is 0.108 e. The summed E-state index contributed by atoms with van der Waals surface area (Å²) in [4.78, 5) is 0. The highest BCUT2D eigenvalue weighted by Gasteiger charge is 2.06. The molecule has 1 aromatic rings. The first-order chi connectivity index (χ1) is 5.66. The van der Waals surface area contributed by atoms with Crippen LogP contribution in [0.5, 0.6) is 0 Å². The molecule has 0 aromatic carbocycles. The highest BCUT2D eigenvalue weighted by Crippen LogP contribution is 2.21. The maximum absolute atomic E-state index is 8.60. The Balaban J connectivity index is 3.05. The lowest BCUT2D eigenvalue weighted by molar-refractivity contribution is 0.343. The maximum Gasteiger partial charge on any atom is 0.108 e. The highest BCUT2D eigenvalue weighted by molar-refractivity contribution is 5.56. The Hall–Kier alpha value is -1.02. The van der Waals surface area contributed by atoms with Gasteiger partial charge < -0.3 is 9.52 Å². The topological polar surface area (TPSA) is 33.4 Å². The fraction of sp³-hybridized carbons (Fsp3) is 0.400. The van der Waals surface area contributed by atoms with Gasteiger partial charge in [0, 0.05) is 5.56 Å². The Morgan fingerprint density at radius 1 is 1.25 bits per heavy atom. The first kappa shape index (κ1) is 9.07. The maximum atomic E-state index is 8.60. The van der Waals surface area contributed by atoms with Crippen molar-refractivity contribution in [2.24, 2.45) is 0 Å². The largest absolute Gasteiger partial charge is 0.466 e. The first-order valence-corrected chi connectivity index (χ1v) is 4.00. The third-order valence-corrected chi connectivity index (χ3v) is 2.01. The van der Waals surface area contributed by atoms with Crippen molar-refractivity contribution in [1.29, 1.82) is 0 Å². The molecule has 0 radical (unpaired) electrons. The molecular formula is C10H14O2. The average molecular weight is 166 g/mol. The molecule has 0 unspecified atom stereocenters. The zero-order valence-corrected chi connectivity index (χ0v) is 7.72. The van der Waals surface area contributed by atoms with Crippen LogP contribution in [0.15, 0.2) is 10.5 Å². The summed E-state index contributed by atoms with van der Waals surface area (Å²) in [6, 6.07) is 0. The van der Waals surface area contributed by atoms with Gasteiger partial charge in [-0.1, -0.05) is 12.2 Å². The molecule has 0 aliphatic rings. The Kier molecular flexibility index (Phi) is 2.71. The third-order valence-electron chi connectivity index (χ3n) is 2.01. The lowest BCUT2D eigenvalue weighted by atomic mass is 10.1. The van der Waals surface area contributed by atoms with Crippen molar-refractivity contribution < 1.29 is 9.52 Å². The van der Waals surface area contributed by atoms with E-state index in [4.69, 9.17) is 9.52 Å². The Labute approximate surface area is 72.5 Å². The molecule has 0 saturated heterocycles. The molecule has 0 spiro atoms. The van der Waals surface area contributed by atoms with Gasteiger partial charge in [0.1, 0.15) is 11.5 Å². The monoisotopic (exact) mass is 166 g/mol. The molecule has 0 amide bonds. The number of furan rings is 1. The third kappa shape index (κ3) is 1.59. The summed E-state index contributed by atoms with van der Waals surface area (Å²) in [5.41, 5.74) is 2.23. The van der Waals surface area contributed by atoms with Crippen LogP contribution in [-0.4, -0.2) is 11.7 Å². The predicted octanol–water partition coefficient (Wildman–Crippen LogP) is 2.21. The number of hydrogen-bond donors (Lipinski definition) is 1. The second-order valence-electron chi connectivity index (χ2n) is 2.84. The van der Waals surface area contributed by atoms with E-state index in [9.17, 15) is 0 Å². The summed E-state index contributed by atoms with van der Waals surface area (Å²) in [6.45, 7) is 5.96. The average Bonchev–Trinajstić information content (AvgIpc) is 2.25. The summed E-state index contributed by atoms with van der Waals surface area (Å²) < 4.78 is 5.41. The van der Waals surface area contributed by atoms with E-state index >= 15 is 0 Å². The van der Waals surface area contributed by atoms with Gasteiger partial charge in [0.2, 0.25) is 0 Å². The van der Waals surface area contributed by atoms with Crippen molar-refractivity contribution in [3.8, 4) is 0 Å². The van der Waals surface area contributed by atoms with Gasteiger partial charge in [-0.05, 0) is 26.3 Å². The second kappa shape index (κ2) is 3.59. The molecule has 0 atom stereocenters. The van der Waals surface area contributed by atoms with Crippen LogP contribution in [0.2, 0.25) is 0 Å². The Morgan fingerprint density at radius 3 is 2.33 bits per heavy atom. The number of rotatable bonds is 2. The molecule has 0 aliphatic carbocycles. The standard InChI is InChI=1S/C10H14O2/c1-7-8(2)12-9(3)10(7)5-4-6-11/h4-5,11H,6H2,1-3H3. The number of aliphatic hydroxyl groups is 1. The van der Waals surface area contributed by atoms with Gasteiger partial charge in [0.15, 0.2) is 0 Å². The highest BCUT2D eigenvalue weighted by atomic mass is 16.3. The quantitative estimate of drug-likeness (QED) is 0.730. The summed E-state index contributed by atoms with van der Waals surface area (Å²) in [6.07, 6.45) is 3.60. The van der Waals surface area contributed by atoms with Crippen molar-refractivity contribution in [3.05, 3.63) is 28.7 Å². The molecule has 0 saturated carbocycles. The fourth-order valence-corrected chi connectivity index (χ4v) is 1.23. The van der Waals surface area contributed by atoms with Crippen LogP contribution in [0.1, 0.15) is 22.6 Å². The summed E-state index contributed by atoms with van der Waals surface area (Å²) in [5, 5.41) is 8.60. The molecule has 1 aromatic heterocycles. The van der Waals surface area contributed by atoms with Gasteiger partial charge in [-0.25, -0.2) is 0 Å². The van der Waals surface area contributed by atoms with Gasteiger partial charge in [-0.3, -0.25) is 0 Å². The van der Waals surface area contributed by atoms with Crippen LogP contribution in [0.25, 0.3) is 6.08 Å². The van der Waals surface area contributed by atoms with Crippen LogP contribution in [-0.2, 0) is 0 Å². The minimum Gasteiger partial charge on any atom is -0.466 e. The van der Waals surface area contributed by atoms with E-state index in [2.05, 4.69) is 0 Å². The van der Waals surface area contributed by atoms with Crippen molar-refractivity contribution in [2.75, 3.05) is 6.61 Å². The molecule has 2 heteroatoms. The van der Waals surface area contributed by atoms with Crippen LogP contribution in [0, 0.1) is 20.8 Å². The van der Waals surface area contributed by atoms with Gasteiger partial charge in [-0.15, -0.1) is 0 Å². The molecule has 1 heterocycles. The van der Waals surface area contributed by atoms with Crippen LogP contribution >= 0.6 is 0 Å². The lowest BCUT2D eigenvalue weighted by Crippen LogP contribution is -1.78. The van der Waals surface area contributed by atoms with Crippen molar-refractivity contribution in [3.63, 3.8) is 0 Å². The van der Waals surface area contributed by atoms with Gasteiger partial charge in [0.25, 0.3) is 0 Å². The van der Waals surface area contributed by atoms with Gasteiger partial charge >= 0.3 is 0 Å². The lowest BCUT2D eigenvalue weighted by Gasteiger charge is -1.90. The molecule has 2 nitrogen and oxygen atoms in total. The summed E-state index contributed by atoms with van der Waals surface area (Å²) in [7, 11) is 0. The minimum absolute atomic E-state index is 0.0725. The van der Waals surface area contributed by atoms with Crippen LogP contribution in [0.4, 0.5) is 0 Å². The molecule has 66 valence electrons.